The fraction of sp³-hybridized carbons (Fsp3) is 0.294. The summed E-state index contributed by atoms with van der Waals surface area (Å²) in [6.07, 6.45) is 5.35. The Balaban J connectivity index is 1.74. The molecule has 7 nitrogen and oxygen atoms in total. The van der Waals surface area contributed by atoms with E-state index in [-0.39, 0.29) is 11.3 Å². The molecule has 1 aliphatic rings. The molecule has 2 heterocycles. The minimum absolute atomic E-state index is 0.192. The van der Waals surface area contributed by atoms with Crippen molar-refractivity contribution in [2.45, 2.75) is 12.8 Å². The Morgan fingerprint density at radius 3 is 2.54 bits per heavy atom. The van der Waals surface area contributed by atoms with Gasteiger partial charge < -0.3 is 15.0 Å². The molecule has 24 heavy (non-hydrogen) atoms. The molecule has 1 fully saturated rings. The van der Waals surface area contributed by atoms with Crippen LogP contribution < -0.4 is 10.2 Å². The van der Waals surface area contributed by atoms with Gasteiger partial charge in [0.15, 0.2) is 0 Å². The van der Waals surface area contributed by atoms with Crippen LogP contribution in [0.1, 0.15) is 33.7 Å². The summed E-state index contributed by atoms with van der Waals surface area (Å²) in [6, 6.07) is 6.65. The zero-order chi connectivity index (χ0) is 16.9. The highest BCUT2D eigenvalue weighted by Gasteiger charge is 2.17. The summed E-state index contributed by atoms with van der Waals surface area (Å²) < 4.78 is 4.71. The van der Waals surface area contributed by atoms with Crippen molar-refractivity contribution in [3.63, 3.8) is 0 Å². The third-order valence-corrected chi connectivity index (χ3v) is 3.88. The molecule has 0 aliphatic carbocycles. The standard InChI is InChI=1S/C17H18N4O3/c1-24-17(23)12-6-2-3-7-13(12)20-16(22)14-10-19-15(11-18-14)21-8-4-5-9-21/h2-3,6-7,10-11H,4-5,8-9H2,1H3,(H,20,22). The lowest BCUT2D eigenvalue weighted by atomic mass is 10.1. The average Bonchev–Trinajstić information content (AvgIpc) is 3.16. The van der Waals surface area contributed by atoms with Gasteiger partial charge in [0.25, 0.3) is 5.91 Å². The number of ether oxygens (including phenoxy) is 1. The molecule has 1 aromatic carbocycles. The molecule has 124 valence electrons. The first kappa shape index (κ1) is 15.9. The average molecular weight is 326 g/mol. The number of nitrogens with zero attached hydrogens (tertiary/aromatic N) is 3. The second-order valence-corrected chi connectivity index (χ2v) is 5.45. The van der Waals surface area contributed by atoms with Gasteiger partial charge in [0, 0.05) is 13.1 Å². The van der Waals surface area contributed by atoms with Gasteiger partial charge in [-0.15, -0.1) is 0 Å². The lowest BCUT2D eigenvalue weighted by Gasteiger charge is -2.15. The van der Waals surface area contributed by atoms with Crippen molar-refractivity contribution >= 4 is 23.4 Å². The molecule has 7 heteroatoms. The molecule has 0 spiro atoms. The number of methoxy groups -OCH3 is 1. The fourth-order valence-corrected chi connectivity index (χ4v) is 2.61. The van der Waals surface area contributed by atoms with E-state index in [0.717, 1.165) is 31.7 Å². The van der Waals surface area contributed by atoms with Gasteiger partial charge in [-0.1, -0.05) is 12.1 Å². The van der Waals surface area contributed by atoms with E-state index in [1.54, 1.807) is 30.5 Å². The monoisotopic (exact) mass is 326 g/mol. The van der Waals surface area contributed by atoms with Gasteiger partial charge in [-0.2, -0.15) is 0 Å². The number of rotatable bonds is 4. The van der Waals surface area contributed by atoms with E-state index in [9.17, 15) is 9.59 Å². The van der Waals surface area contributed by atoms with Crippen LogP contribution in [0.3, 0.4) is 0 Å². The molecule has 1 aliphatic heterocycles. The van der Waals surface area contributed by atoms with E-state index in [2.05, 4.69) is 20.2 Å². The first-order chi connectivity index (χ1) is 11.7. The summed E-state index contributed by atoms with van der Waals surface area (Å²) in [4.78, 5) is 34.7. The number of amides is 1. The number of anilines is 2. The maximum atomic E-state index is 12.3. The van der Waals surface area contributed by atoms with Crippen LogP contribution >= 0.6 is 0 Å². The van der Waals surface area contributed by atoms with Gasteiger partial charge in [0.1, 0.15) is 11.5 Å². The Hall–Kier alpha value is -2.96. The number of nitrogens with one attached hydrogen (secondary N) is 1. The second kappa shape index (κ2) is 7.08. The first-order valence-electron chi connectivity index (χ1n) is 7.74. The third kappa shape index (κ3) is 3.34. The molecule has 0 unspecified atom stereocenters. The molecule has 0 atom stereocenters. The molecule has 1 amide bonds. The maximum absolute atomic E-state index is 12.3. The van der Waals surface area contributed by atoms with E-state index in [1.165, 1.54) is 13.3 Å². The number of hydrogen-bond acceptors (Lipinski definition) is 6. The normalized spacial score (nSPS) is 13.6. The van der Waals surface area contributed by atoms with Crippen molar-refractivity contribution in [1.82, 2.24) is 9.97 Å². The minimum atomic E-state index is -0.513. The van der Waals surface area contributed by atoms with Gasteiger partial charge in [0.2, 0.25) is 0 Å². The number of para-hydroxylation sites is 1. The van der Waals surface area contributed by atoms with Crippen LogP contribution in [0.5, 0.6) is 0 Å². The Bertz CT molecular complexity index is 740. The topological polar surface area (TPSA) is 84.4 Å². The number of hydrogen-bond donors (Lipinski definition) is 1. The van der Waals surface area contributed by atoms with E-state index in [0.29, 0.717) is 5.69 Å². The molecule has 1 saturated heterocycles. The van der Waals surface area contributed by atoms with Gasteiger partial charge in [-0.25, -0.2) is 14.8 Å². The van der Waals surface area contributed by atoms with E-state index in [4.69, 9.17) is 4.74 Å². The molecular formula is C17H18N4O3. The number of esters is 1. The van der Waals surface area contributed by atoms with Crippen LogP contribution in [-0.4, -0.2) is 42.0 Å². The van der Waals surface area contributed by atoms with E-state index in [1.807, 2.05) is 0 Å². The summed E-state index contributed by atoms with van der Waals surface area (Å²) in [5.41, 5.74) is 0.854. The summed E-state index contributed by atoms with van der Waals surface area (Å²) in [5, 5.41) is 2.68. The minimum Gasteiger partial charge on any atom is -0.465 e. The summed E-state index contributed by atoms with van der Waals surface area (Å²) in [6.45, 7) is 1.93. The predicted octanol–water partition coefficient (Wildman–Crippen LogP) is 2.12. The van der Waals surface area contributed by atoms with Crippen molar-refractivity contribution < 1.29 is 14.3 Å². The molecule has 3 rings (SSSR count). The fourth-order valence-electron chi connectivity index (χ4n) is 2.61. The van der Waals surface area contributed by atoms with Crippen molar-refractivity contribution in [1.29, 1.82) is 0 Å². The van der Waals surface area contributed by atoms with Crippen molar-refractivity contribution in [2.24, 2.45) is 0 Å². The zero-order valence-electron chi connectivity index (χ0n) is 13.4. The van der Waals surface area contributed by atoms with E-state index >= 15 is 0 Å². The number of aromatic nitrogens is 2. The van der Waals surface area contributed by atoms with Crippen LogP contribution in [0.25, 0.3) is 0 Å². The Kier molecular flexibility index (Phi) is 4.69. The largest absolute Gasteiger partial charge is 0.465 e. The molecule has 1 aromatic heterocycles. The maximum Gasteiger partial charge on any atom is 0.339 e. The summed E-state index contributed by atoms with van der Waals surface area (Å²) >= 11 is 0. The van der Waals surface area contributed by atoms with Gasteiger partial charge in [0.05, 0.1) is 30.8 Å². The quantitative estimate of drug-likeness (QED) is 0.866. The molecule has 0 bridgehead atoms. The zero-order valence-corrected chi connectivity index (χ0v) is 13.4. The SMILES string of the molecule is COC(=O)c1ccccc1NC(=O)c1cnc(N2CCCC2)cn1. The highest BCUT2D eigenvalue weighted by Crippen LogP contribution is 2.18. The van der Waals surface area contributed by atoms with Gasteiger partial charge in [-0.3, -0.25) is 4.79 Å². The molecule has 0 saturated carbocycles. The van der Waals surface area contributed by atoms with Gasteiger partial charge >= 0.3 is 5.97 Å². The Morgan fingerprint density at radius 1 is 1.12 bits per heavy atom. The molecular weight excluding hydrogens is 308 g/mol. The first-order valence-corrected chi connectivity index (χ1v) is 7.74. The van der Waals surface area contributed by atoms with Crippen LogP contribution in [0.15, 0.2) is 36.7 Å². The highest BCUT2D eigenvalue weighted by molar-refractivity contribution is 6.06. The second-order valence-electron chi connectivity index (χ2n) is 5.45. The highest BCUT2D eigenvalue weighted by atomic mass is 16.5. The van der Waals surface area contributed by atoms with Crippen molar-refractivity contribution in [3.05, 3.63) is 47.9 Å². The predicted molar refractivity (Wildman–Crippen MR) is 89.2 cm³/mol. The molecule has 1 N–H and O–H groups in total. The lowest BCUT2D eigenvalue weighted by molar-refractivity contribution is 0.0602. The van der Waals surface area contributed by atoms with Crippen LogP contribution in [-0.2, 0) is 4.74 Å². The van der Waals surface area contributed by atoms with Crippen LogP contribution in [0.2, 0.25) is 0 Å². The Morgan fingerprint density at radius 2 is 1.88 bits per heavy atom. The smallest absolute Gasteiger partial charge is 0.339 e. The number of carbonyl (C=O) groups excluding carboxylic acids is 2. The summed E-state index contributed by atoms with van der Waals surface area (Å²) in [7, 11) is 1.30. The van der Waals surface area contributed by atoms with Crippen molar-refractivity contribution in [3.8, 4) is 0 Å². The third-order valence-electron chi connectivity index (χ3n) is 3.88. The van der Waals surface area contributed by atoms with Crippen LogP contribution in [0, 0.1) is 0 Å². The summed E-state index contributed by atoms with van der Waals surface area (Å²) in [5.74, 6) is -0.160. The molecule has 0 radical (unpaired) electrons. The van der Waals surface area contributed by atoms with E-state index < -0.39 is 11.9 Å². The Labute approximate surface area is 139 Å². The number of benzene rings is 1. The van der Waals surface area contributed by atoms with Crippen molar-refractivity contribution in [2.75, 3.05) is 30.4 Å². The van der Waals surface area contributed by atoms with Gasteiger partial charge in [-0.05, 0) is 25.0 Å². The van der Waals surface area contributed by atoms with Crippen LogP contribution in [0.4, 0.5) is 11.5 Å². The number of carbonyl (C=O) groups is 2. The lowest BCUT2D eigenvalue weighted by Crippen LogP contribution is -2.21. The molecule has 2 aromatic rings.